The van der Waals surface area contributed by atoms with Crippen LogP contribution >= 0.6 is 0 Å². The van der Waals surface area contributed by atoms with Crippen LogP contribution in [0.3, 0.4) is 0 Å². The molecule has 0 fully saturated rings. The average Bonchev–Trinajstić information content (AvgIpc) is 2.94. The van der Waals surface area contributed by atoms with Crippen LogP contribution in [0.25, 0.3) is 17.1 Å². The van der Waals surface area contributed by atoms with E-state index in [1.165, 1.54) is 10.6 Å². The Balaban J connectivity index is 1.41. The number of nitrogens with one attached hydrogen (secondary N) is 2. The highest BCUT2D eigenvalue weighted by Crippen LogP contribution is 2.20. The van der Waals surface area contributed by atoms with Gasteiger partial charge in [0.15, 0.2) is 5.82 Å². The molecule has 1 amide bonds. The number of hydrogen-bond donors (Lipinski definition) is 2. The number of aryl methyl sites for hydroxylation is 2. The number of benzene rings is 1. The van der Waals surface area contributed by atoms with Crippen LogP contribution in [0.5, 0.6) is 0 Å². The first-order valence-electron chi connectivity index (χ1n) is 12.3. The van der Waals surface area contributed by atoms with Crippen molar-refractivity contribution in [3.8, 4) is 11.4 Å². The first-order chi connectivity index (χ1) is 18.8. The van der Waals surface area contributed by atoms with Gasteiger partial charge in [-0.25, -0.2) is 9.97 Å². The van der Waals surface area contributed by atoms with E-state index in [1.807, 2.05) is 56.3 Å². The first kappa shape index (κ1) is 26.9. The van der Waals surface area contributed by atoms with Crippen LogP contribution in [-0.4, -0.2) is 38.7 Å². The van der Waals surface area contributed by atoms with Crippen molar-refractivity contribution in [1.29, 1.82) is 0 Å². The molecule has 9 heteroatoms. The van der Waals surface area contributed by atoms with Crippen molar-refractivity contribution in [1.82, 2.24) is 24.8 Å². The molecule has 3 heterocycles. The summed E-state index contributed by atoms with van der Waals surface area (Å²) < 4.78 is 1.49. The van der Waals surface area contributed by atoms with E-state index in [0.29, 0.717) is 29.4 Å². The van der Waals surface area contributed by atoms with Crippen molar-refractivity contribution in [2.75, 3.05) is 11.9 Å². The number of carbonyl (C=O) groups excluding carboxylic acids is 1. The molecule has 39 heavy (non-hydrogen) atoms. The predicted molar refractivity (Wildman–Crippen MR) is 155 cm³/mol. The zero-order valence-corrected chi connectivity index (χ0v) is 22.0. The van der Waals surface area contributed by atoms with Gasteiger partial charge in [0.1, 0.15) is 11.5 Å². The Morgan fingerprint density at radius 3 is 2.56 bits per heavy atom. The average molecular weight is 520 g/mol. The highest BCUT2D eigenvalue weighted by molar-refractivity contribution is 5.92. The number of hydrogen-bond acceptors (Lipinski definition) is 7. The van der Waals surface area contributed by atoms with Crippen LogP contribution in [0.4, 0.5) is 11.5 Å². The van der Waals surface area contributed by atoms with Crippen LogP contribution in [-0.2, 0) is 7.05 Å². The molecule has 196 valence electrons. The second kappa shape index (κ2) is 12.4. The zero-order chi connectivity index (χ0) is 27.8. The molecular weight excluding hydrogens is 490 g/mol. The number of allylic oxidation sites excluding steroid dienone is 2. The zero-order valence-electron chi connectivity index (χ0n) is 22.0. The molecule has 0 spiro atoms. The Morgan fingerprint density at radius 2 is 1.87 bits per heavy atom. The molecule has 0 aliphatic heterocycles. The topological polar surface area (TPSA) is 114 Å². The molecule has 9 nitrogen and oxygen atoms in total. The molecule has 2 N–H and O–H groups in total. The molecule has 3 aromatic heterocycles. The number of rotatable bonds is 9. The van der Waals surface area contributed by atoms with E-state index in [-0.39, 0.29) is 17.2 Å². The predicted octanol–water partition coefficient (Wildman–Crippen LogP) is 4.71. The molecule has 4 aromatic rings. The van der Waals surface area contributed by atoms with Crippen molar-refractivity contribution < 1.29 is 4.79 Å². The molecular formula is C30H29N7O2. The molecule has 0 saturated carbocycles. The second-order valence-electron chi connectivity index (χ2n) is 8.91. The maximum Gasteiger partial charge on any atom is 0.270 e. The third kappa shape index (κ3) is 7.20. The molecule has 4 rings (SSSR count). The number of aliphatic imine (C=N–C) groups is 1. The van der Waals surface area contributed by atoms with Crippen LogP contribution < -0.4 is 16.2 Å². The van der Waals surface area contributed by atoms with Gasteiger partial charge in [-0.3, -0.25) is 19.6 Å². The van der Waals surface area contributed by atoms with Gasteiger partial charge in [-0.15, -0.1) is 0 Å². The maximum absolute atomic E-state index is 12.7. The van der Waals surface area contributed by atoms with E-state index in [1.54, 1.807) is 43.7 Å². The largest absolute Gasteiger partial charge is 0.347 e. The van der Waals surface area contributed by atoms with Crippen molar-refractivity contribution in [3.05, 3.63) is 118 Å². The lowest BCUT2D eigenvalue weighted by Gasteiger charge is -2.09. The Labute approximate surface area is 226 Å². The Hall–Kier alpha value is -5.18. The van der Waals surface area contributed by atoms with E-state index >= 15 is 0 Å². The van der Waals surface area contributed by atoms with Gasteiger partial charge in [-0.05, 0) is 44.8 Å². The van der Waals surface area contributed by atoms with Gasteiger partial charge in [0.2, 0.25) is 0 Å². The minimum atomic E-state index is -0.290. The van der Waals surface area contributed by atoms with E-state index in [4.69, 9.17) is 0 Å². The highest BCUT2D eigenvalue weighted by atomic mass is 16.2. The van der Waals surface area contributed by atoms with Gasteiger partial charge in [0.25, 0.3) is 11.5 Å². The summed E-state index contributed by atoms with van der Waals surface area (Å²) in [5, 5.41) is 6.02. The van der Waals surface area contributed by atoms with Gasteiger partial charge in [0, 0.05) is 60.6 Å². The third-order valence-electron chi connectivity index (χ3n) is 5.78. The van der Waals surface area contributed by atoms with E-state index in [0.717, 1.165) is 22.5 Å². The SMILES string of the molecule is C=N/C(=C\C=C(/C)CNC(=O)c1ccc(-c2nc(C)cc(Nc3ccn(C)c(=O)c3)n2)cn1)c1ccccc1. The summed E-state index contributed by atoms with van der Waals surface area (Å²) in [4.78, 5) is 42.0. The standard InChI is InChI=1S/C30H29N7O2/c1-20(10-12-25(31-3)22-8-6-5-7-9-22)18-33-30(39)26-13-11-23(19-32-26)29-34-21(2)16-27(36-29)35-24-14-15-37(4)28(38)17-24/h5-17,19H,3,18H2,1-2,4H3,(H,33,39)(H,34,35,36)/b20-10+,25-12-. The second-order valence-corrected chi connectivity index (χ2v) is 8.91. The van der Waals surface area contributed by atoms with Gasteiger partial charge in [-0.2, -0.15) is 0 Å². The number of amides is 1. The summed E-state index contributed by atoms with van der Waals surface area (Å²) in [7, 11) is 1.69. The smallest absolute Gasteiger partial charge is 0.270 e. The Bertz CT molecular complexity index is 1600. The number of aromatic nitrogens is 4. The molecule has 1 aromatic carbocycles. The molecule has 0 radical (unpaired) electrons. The normalized spacial score (nSPS) is 11.7. The fourth-order valence-corrected chi connectivity index (χ4v) is 3.64. The lowest BCUT2D eigenvalue weighted by Crippen LogP contribution is -2.25. The van der Waals surface area contributed by atoms with Crippen molar-refractivity contribution >= 4 is 29.8 Å². The molecule has 0 aliphatic carbocycles. The van der Waals surface area contributed by atoms with Gasteiger partial charge in [0.05, 0.1) is 5.70 Å². The van der Waals surface area contributed by atoms with Crippen LogP contribution in [0.15, 0.2) is 101 Å². The molecule has 0 unspecified atom stereocenters. The Morgan fingerprint density at radius 1 is 1.08 bits per heavy atom. The van der Waals surface area contributed by atoms with E-state index < -0.39 is 0 Å². The van der Waals surface area contributed by atoms with Crippen LogP contribution in [0.1, 0.15) is 28.7 Å². The summed E-state index contributed by atoms with van der Waals surface area (Å²) >= 11 is 0. The number of pyridine rings is 2. The van der Waals surface area contributed by atoms with Crippen LogP contribution in [0, 0.1) is 6.92 Å². The highest BCUT2D eigenvalue weighted by Gasteiger charge is 2.10. The van der Waals surface area contributed by atoms with Gasteiger partial charge < -0.3 is 15.2 Å². The number of nitrogens with zero attached hydrogens (tertiary/aromatic N) is 5. The summed E-state index contributed by atoms with van der Waals surface area (Å²) in [5.41, 5.74) is 4.86. The number of carbonyl (C=O) groups is 1. The molecule has 0 saturated heterocycles. The lowest BCUT2D eigenvalue weighted by atomic mass is 10.1. The minimum Gasteiger partial charge on any atom is -0.347 e. The number of anilines is 2. The Kier molecular flexibility index (Phi) is 8.53. The summed E-state index contributed by atoms with van der Waals surface area (Å²) in [6, 6.07) is 18.2. The summed E-state index contributed by atoms with van der Waals surface area (Å²) in [5.74, 6) is 0.712. The lowest BCUT2D eigenvalue weighted by molar-refractivity contribution is 0.0952. The maximum atomic E-state index is 12.7. The minimum absolute atomic E-state index is 0.128. The van der Waals surface area contributed by atoms with Crippen molar-refractivity contribution in [3.63, 3.8) is 0 Å². The molecule has 0 bridgehead atoms. The van der Waals surface area contributed by atoms with Crippen molar-refractivity contribution in [2.24, 2.45) is 12.0 Å². The third-order valence-corrected chi connectivity index (χ3v) is 5.78. The van der Waals surface area contributed by atoms with E-state index in [9.17, 15) is 9.59 Å². The fourth-order valence-electron chi connectivity index (χ4n) is 3.64. The van der Waals surface area contributed by atoms with Crippen molar-refractivity contribution in [2.45, 2.75) is 13.8 Å². The van der Waals surface area contributed by atoms with Gasteiger partial charge >= 0.3 is 0 Å². The monoisotopic (exact) mass is 519 g/mol. The quantitative estimate of drug-likeness (QED) is 0.245. The van der Waals surface area contributed by atoms with Gasteiger partial charge in [-0.1, -0.05) is 42.0 Å². The fraction of sp³-hybridized carbons (Fsp3) is 0.133. The summed E-state index contributed by atoms with van der Waals surface area (Å²) in [6.07, 6.45) is 7.03. The van der Waals surface area contributed by atoms with Crippen LogP contribution in [0.2, 0.25) is 0 Å². The molecule has 0 aliphatic rings. The van der Waals surface area contributed by atoms with E-state index in [2.05, 4.69) is 37.3 Å². The first-order valence-corrected chi connectivity index (χ1v) is 12.3. The summed E-state index contributed by atoms with van der Waals surface area (Å²) in [6.45, 7) is 7.78. The molecule has 0 atom stereocenters.